The SMILES string of the molecule is COCc1c(C(=O)NCC2(O)CCCC2)sc2cccc(F)c12. The lowest BCUT2D eigenvalue weighted by molar-refractivity contribution is 0.0450. The fraction of sp³-hybridized carbons (Fsp3) is 0.471. The molecule has 0 unspecified atom stereocenters. The van der Waals surface area contributed by atoms with Crippen LogP contribution < -0.4 is 5.32 Å². The van der Waals surface area contributed by atoms with Crippen molar-refractivity contribution in [1.82, 2.24) is 5.32 Å². The van der Waals surface area contributed by atoms with Gasteiger partial charge in [0, 0.05) is 29.3 Å². The molecule has 2 aromatic rings. The summed E-state index contributed by atoms with van der Waals surface area (Å²) in [5.41, 5.74) is -0.236. The molecule has 1 aliphatic carbocycles. The van der Waals surface area contributed by atoms with Crippen molar-refractivity contribution in [3.05, 3.63) is 34.5 Å². The normalized spacial score (nSPS) is 16.8. The van der Waals surface area contributed by atoms with Gasteiger partial charge in [-0.05, 0) is 25.0 Å². The molecule has 0 bridgehead atoms. The zero-order valence-electron chi connectivity index (χ0n) is 13.0. The fourth-order valence-electron chi connectivity index (χ4n) is 3.17. The third kappa shape index (κ3) is 3.24. The number of hydrogen-bond donors (Lipinski definition) is 2. The maximum Gasteiger partial charge on any atom is 0.261 e. The van der Waals surface area contributed by atoms with Crippen LogP contribution in [0.2, 0.25) is 0 Å². The van der Waals surface area contributed by atoms with Gasteiger partial charge in [-0.1, -0.05) is 18.9 Å². The molecule has 0 atom stereocenters. The summed E-state index contributed by atoms with van der Waals surface area (Å²) < 4.78 is 20.0. The molecule has 1 aromatic heterocycles. The van der Waals surface area contributed by atoms with Gasteiger partial charge in [-0.2, -0.15) is 0 Å². The second-order valence-electron chi connectivity index (χ2n) is 6.07. The van der Waals surface area contributed by atoms with Crippen molar-refractivity contribution < 1.29 is 19.0 Å². The van der Waals surface area contributed by atoms with Crippen LogP contribution in [0.15, 0.2) is 18.2 Å². The van der Waals surface area contributed by atoms with Crippen molar-refractivity contribution in [3.8, 4) is 0 Å². The quantitative estimate of drug-likeness (QED) is 0.881. The van der Waals surface area contributed by atoms with Gasteiger partial charge in [0.1, 0.15) is 5.82 Å². The number of benzene rings is 1. The molecule has 124 valence electrons. The van der Waals surface area contributed by atoms with E-state index in [1.807, 2.05) is 0 Å². The van der Waals surface area contributed by atoms with E-state index in [1.165, 1.54) is 24.5 Å². The van der Waals surface area contributed by atoms with Gasteiger partial charge in [-0.3, -0.25) is 4.79 Å². The summed E-state index contributed by atoms with van der Waals surface area (Å²) in [6.07, 6.45) is 3.38. The first-order valence-corrected chi connectivity index (χ1v) is 8.55. The average molecular weight is 337 g/mol. The maximum absolute atomic E-state index is 14.1. The number of hydrogen-bond acceptors (Lipinski definition) is 4. The van der Waals surface area contributed by atoms with E-state index in [2.05, 4.69) is 5.32 Å². The van der Waals surface area contributed by atoms with E-state index in [1.54, 1.807) is 12.1 Å². The molecule has 1 aromatic carbocycles. The fourth-order valence-corrected chi connectivity index (χ4v) is 4.31. The Kier molecular flexibility index (Phi) is 4.66. The number of methoxy groups -OCH3 is 1. The van der Waals surface area contributed by atoms with Gasteiger partial charge < -0.3 is 15.2 Å². The van der Waals surface area contributed by atoms with Crippen molar-refractivity contribution in [2.75, 3.05) is 13.7 Å². The van der Waals surface area contributed by atoms with Crippen LogP contribution in [-0.4, -0.2) is 30.3 Å². The van der Waals surface area contributed by atoms with E-state index in [9.17, 15) is 14.3 Å². The summed E-state index contributed by atoms with van der Waals surface area (Å²) in [6.45, 7) is 0.406. The van der Waals surface area contributed by atoms with Crippen molar-refractivity contribution in [2.45, 2.75) is 37.9 Å². The summed E-state index contributed by atoms with van der Waals surface area (Å²) in [4.78, 5) is 13.0. The highest BCUT2D eigenvalue weighted by molar-refractivity contribution is 7.21. The first-order valence-electron chi connectivity index (χ1n) is 7.73. The first-order chi connectivity index (χ1) is 11.0. The van der Waals surface area contributed by atoms with Crippen LogP contribution >= 0.6 is 11.3 Å². The highest BCUT2D eigenvalue weighted by Crippen LogP contribution is 2.34. The Labute approximate surface area is 138 Å². The van der Waals surface area contributed by atoms with Gasteiger partial charge in [0.2, 0.25) is 0 Å². The van der Waals surface area contributed by atoms with Crippen LogP contribution in [0, 0.1) is 5.82 Å². The molecule has 0 radical (unpaired) electrons. The number of ether oxygens (including phenoxy) is 1. The minimum absolute atomic E-state index is 0.175. The Morgan fingerprint density at radius 3 is 2.87 bits per heavy atom. The van der Waals surface area contributed by atoms with Crippen LogP contribution in [-0.2, 0) is 11.3 Å². The smallest absolute Gasteiger partial charge is 0.261 e. The molecule has 0 aliphatic heterocycles. The standard InChI is InChI=1S/C17H20FNO3S/c1-22-9-11-14-12(18)5-4-6-13(14)23-15(11)16(20)19-10-17(21)7-2-3-8-17/h4-6,21H,2-3,7-10H2,1H3,(H,19,20). The molecular weight excluding hydrogens is 317 g/mol. The predicted octanol–water partition coefficient (Wildman–Crippen LogP) is 3.22. The molecule has 4 nitrogen and oxygen atoms in total. The highest BCUT2D eigenvalue weighted by Gasteiger charge is 2.32. The molecule has 0 spiro atoms. The second-order valence-corrected chi connectivity index (χ2v) is 7.12. The van der Waals surface area contributed by atoms with E-state index in [0.29, 0.717) is 28.7 Å². The summed E-state index contributed by atoms with van der Waals surface area (Å²) in [5.74, 6) is -0.628. The predicted molar refractivity (Wildman–Crippen MR) is 88.2 cm³/mol. The van der Waals surface area contributed by atoms with Crippen molar-refractivity contribution >= 4 is 27.3 Å². The average Bonchev–Trinajstić information content (AvgIpc) is 3.11. The molecule has 0 saturated heterocycles. The van der Waals surface area contributed by atoms with Crippen LogP contribution in [0.5, 0.6) is 0 Å². The number of aliphatic hydroxyl groups is 1. The van der Waals surface area contributed by atoms with Gasteiger partial charge in [-0.15, -0.1) is 11.3 Å². The van der Waals surface area contributed by atoms with E-state index in [0.717, 1.165) is 17.5 Å². The number of amides is 1. The van der Waals surface area contributed by atoms with Crippen LogP contribution in [0.1, 0.15) is 40.9 Å². The largest absolute Gasteiger partial charge is 0.388 e. The molecular formula is C17H20FNO3S. The summed E-state index contributed by atoms with van der Waals surface area (Å²) in [6, 6.07) is 4.81. The van der Waals surface area contributed by atoms with Crippen LogP contribution in [0.4, 0.5) is 4.39 Å². The van der Waals surface area contributed by atoms with Crippen molar-refractivity contribution in [1.29, 1.82) is 0 Å². The maximum atomic E-state index is 14.1. The van der Waals surface area contributed by atoms with E-state index >= 15 is 0 Å². The van der Waals surface area contributed by atoms with Gasteiger partial charge in [0.25, 0.3) is 5.91 Å². The third-order valence-corrected chi connectivity index (χ3v) is 5.57. The first kappa shape index (κ1) is 16.4. The van der Waals surface area contributed by atoms with Gasteiger partial charge >= 0.3 is 0 Å². The van der Waals surface area contributed by atoms with Crippen LogP contribution in [0.3, 0.4) is 0 Å². The molecule has 23 heavy (non-hydrogen) atoms. The number of thiophene rings is 1. The third-order valence-electron chi connectivity index (χ3n) is 4.37. The Morgan fingerprint density at radius 2 is 2.17 bits per heavy atom. The lowest BCUT2D eigenvalue weighted by Gasteiger charge is -2.22. The number of halogens is 1. The number of fused-ring (bicyclic) bond motifs is 1. The number of rotatable bonds is 5. The molecule has 1 aliphatic rings. The summed E-state index contributed by atoms with van der Waals surface area (Å²) >= 11 is 1.25. The summed E-state index contributed by atoms with van der Waals surface area (Å²) in [5, 5.41) is 13.6. The zero-order valence-corrected chi connectivity index (χ0v) is 13.8. The topological polar surface area (TPSA) is 58.6 Å². The molecule has 2 N–H and O–H groups in total. The number of carbonyl (C=O) groups excluding carboxylic acids is 1. The van der Waals surface area contributed by atoms with Gasteiger partial charge in [-0.25, -0.2) is 4.39 Å². The molecule has 6 heteroatoms. The second kappa shape index (κ2) is 6.55. The Morgan fingerprint density at radius 1 is 1.43 bits per heavy atom. The molecule has 1 saturated carbocycles. The number of carbonyl (C=O) groups is 1. The minimum Gasteiger partial charge on any atom is -0.388 e. The van der Waals surface area contributed by atoms with Gasteiger partial charge in [0.05, 0.1) is 17.1 Å². The monoisotopic (exact) mass is 337 g/mol. The Hall–Kier alpha value is -1.50. The lowest BCUT2D eigenvalue weighted by Crippen LogP contribution is -2.40. The van der Waals surface area contributed by atoms with Crippen LogP contribution in [0.25, 0.3) is 10.1 Å². The van der Waals surface area contributed by atoms with E-state index in [4.69, 9.17) is 4.74 Å². The number of nitrogens with one attached hydrogen (secondary N) is 1. The lowest BCUT2D eigenvalue weighted by atomic mass is 10.0. The van der Waals surface area contributed by atoms with Gasteiger partial charge in [0.15, 0.2) is 0 Å². The molecule has 3 rings (SSSR count). The van der Waals surface area contributed by atoms with Crippen molar-refractivity contribution in [2.24, 2.45) is 0 Å². The highest BCUT2D eigenvalue weighted by atomic mass is 32.1. The van der Waals surface area contributed by atoms with E-state index < -0.39 is 5.60 Å². The Bertz CT molecular complexity index is 722. The Balaban J connectivity index is 1.87. The zero-order chi connectivity index (χ0) is 16.4. The van der Waals surface area contributed by atoms with Crippen molar-refractivity contribution in [3.63, 3.8) is 0 Å². The molecule has 1 amide bonds. The summed E-state index contributed by atoms with van der Waals surface area (Å²) in [7, 11) is 1.52. The minimum atomic E-state index is -0.807. The molecule has 1 fully saturated rings. The molecule has 1 heterocycles. The van der Waals surface area contributed by atoms with E-state index in [-0.39, 0.29) is 24.9 Å².